The molecule has 1 aliphatic rings. The molecule has 1 N–H and O–H groups in total. The lowest BCUT2D eigenvalue weighted by Crippen LogP contribution is -2.54. The first-order valence-electron chi connectivity index (χ1n) is 12.0. The smallest absolute Gasteiger partial charge is 0.254 e. The van der Waals surface area contributed by atoms with Gasteiger partial charge in [-0.15, -0.1) is 0 Å². The third-order valence-corrected chi connectivity index (χ3v) is 5.99. The van der Waals surface area contributed by atoms with Gasteiger partial charge in [-0.2, -0.15) is 0 Å². The van der Waals surface area contributed by atoms with Crippen molar-refractivity contribution < 1.29 is 23.7 Å². The van der Waals surface area contributed by atoms with Crippen molar-refractivity contribution in [2.45, 2.75) is 38.8 Å². The van der Waals surface area contributed by atoms with E-state index in [9.17, 15) is 4.79 Å². The molecule has 1 amide bonds. The highest BCUT2D eigenvalue weighted by Gasteiger charge is 2.32. The molecule has 0 spiro atoms. The van der Waals surface area contributed by atoms with Gasteiger partial charge in [0.05, 0.1) is 20.3 Å². The minimum absolute atomic E-state index is 0.00387. The molecule has 0 saturated carbocycles. The van der Waals surface area contributed by atoms with E-state index >= 15 is 0 Å². The van der Waals surface area contributed by atoms with Crippen LogP contribution in [0, 0.1) is 5.92 Å². The molecule has 2 atom stereocenters. The van der Waals surface area contributed by atoms with E-state index in [2.05, 4.69) is 19.2 Å². The molecule has 2 unspecified atom stereocenters. The van der Waals surface area contributed by atoms with Gasteiger partial charge in [-0.05, 0) is 50.6 Å². The number of benzene rings is 2. The van der Waals surface area contributed by atoms with Crippen LogP contribution in [0.5, 0.6) is 17.2 Å². The third-order valence-electron chi connectivity index (χ3n) is 5.99. The van der Waals surface area contributed by atoms with Crippen molar-refractivity contribution >= 4 is 5.91 Å². The van der Waals surface area contributed by atoms with Crippen LogP contribution in [-0.4, -0.2) is 70.0 Å². The third kappa shape index (κ3) is 7.11. The average molecular weight is 471 g/mol. The van der Waals surface area contributed by atoms with Crippen LogP contribution in [0.4, 0.5) is 0 Å². The summed E-state index contributed by atoms with van der Waals surface area (Å²) < 4.78 is 22.4. The SMILES string of the molecule is COCCCOc1cc(C(=O)N(C(C)C)C2CNCC(COc3ccccc3)C2)ccc1OC. The number of ether oxygens (including phenoxy) is 4. The van der Waals surface area contributed by atoms with Gasteiger partial charge in [-0.1, -0.05) is 18.2 Å². The highest BCUT2D eigenvalue weighted by Crippen LogP contribution is 2.30. The number of carbonyl (C=O) groups excluding carboxylic acids is 1. The van der Waals surface area contributed by atoms with E-state index in [4.69, 9.17) is 18.9 Å². The summed E-state index contributed by atoms with van der Waals surface area (Å²) in [6.45, 7) is 7.50. The number of para-hydroxylation sites is 1. The van der Waals surface area contributed by atoms with Crippen molar-refractivity contribution in [2.75, 3.05) is 47.1 Å². The number of piperidine rings is 1. The number of nitrogens with one attached hydrogen (secondary N) is 1. The highest BCUT2D eigenvalue weighted by molar-refractivity contribution is 5.95. The molecule has 0 bridgehead atoms. The van der Waals surface area contributed by atoms with Gasteiger partial charge in [0.15, 0.2) is 11.5 Å². The van der Waals surface area contributed by atoms with E-state index in [-0.39, 0.29) is 18.0 Å². The Morgan fingerprint density at radius 2 is 1.82 bits per heavy atom. The van der Waals surface area contributed by atoms with Crippen molar-refractivity contribution in [3.63, 3.8) is 0 Å². The van der Waals surface area contributed by atoms with E-state index in [0.717, 1.165) is 31.7 Å². The Morgan fingerprint density at radius 3 is 2.53 bits per heavy atom. The minimum atomic E-state index is -0.00387. The summed E-state index contributed by atoms with van der Waals surface area (Å²) in [5, 5.41) is 3.50. The van der Waals surface area contributed by atoms with E-state index in [1.807, 2.05) is 41.3 Å². The molecule has 7 nitrogen and oxygen atoms in total. The molecule has 34 heavy (non-hydrogen) atoms. The van der Waals surface area contributed by atoms with Crippen LogP contribution in [0.2, 0.25) is 0 Å². The van der Waals surface area contributed by atoms with E-state index in [1.165, 1.54) is 0 Å². The monoisotopic (exact) mass is 470 g/mol. The molecule has 1 fully saturated rings. The Bertz CT molecular complexity index is 890. The number of hydrogen-bond acceptors (Lipinski definition) is 6. The molecular weight excluding hydrogens is 432 g/mol. The lowest BCUT2D eigenvalue weighted by atomic mass is 9.94. The molecule has 0 radical (unpaired) electrons. The van der Waals surface area contributed by atoms with Gasteiger partial charge in [0, 0.05) is 56.8 Å². The predicted octanol–water partition coefficient (Wildman–Crippen LogP) is 4.02. The number of nitrogens with zero attached hydrogens (tertiary/aromatic N) is 1. The first kappa shape index (κ1) is 25.8. The van der Waals surface area contributed by atoms with Gasteiger partial charge in [-0.25, -0.2) is 0 Å². The number of amides is 1. The van der Waals surface area contributed by atoms with Crippen LogP contribution in [0.1, 0.15) is 37.0 Å². The Hall–Kier alpha value is -2.77. The Labute approximate surface area is 203 Å². The molecule has 2 aromatic carbocycles. The summed E-state index contributed by atoms with van der Waals surface area (Å²) in [4.78, 5) is 15.6. The predicted molar refractivity (Wildman–Crippen MR) is 133 cm³/mol. The fraction of sp³-hybridized carbons (Fsp3) is 0.519. The molecule has 3 rings (SSSR count). The van der Waals surface area contributed by atoms with Crippen LogP contribution in [0.3, 0.4) is 0 Å². The topological polar surface area (TPSA) is 69.3 Å². The largest absolute Gasteiger partial charge is 0.493 e. The lowest BCUT2D eigenvalue weighted by Gasteiger charge is -2.40. The Morgan fingerprint density at radius 1 is 1.03 bits per heavy atom. The summed E-state index contributed by atoms with van der Waals surface area (Å²) in [5.74, 6) is 2.38. The second-order valence-corrected chi connectivity index (χ2v) is 8.90. The molecule has 0 aliphatic carbocycles. The van der Waals surface area contributed by atoms with Gasteiger partial charge in [0.25, 0.3) is 5.91 Å². The molecular formula is C27H38N2O5. The normalized spacial score (nSPS) is 17.9. The minimum Gasteiger partial charge on any atom is -0.493 e. The van der Waals surface area contributed by atoms with Gasteiger partial charge in [0.2, 0.25) is 0 Å². The van der Waals surface area contributed by atoms with Crippen molar-refractivity contribution in [2.24, 2.45) is 5.92 Å². The zero-order chi connectivity index (χ0) is 24.3. The Kier molecular flexibility index (Phi) is 10.0. The van der Waals surface area contributed by atoms with Crippen molar-refractivity contribution in [3.8, 4) is 17.2 Å². The Balaban J connectivity index is 1.69. The standard InChI is InChI=1S/C27H38N2O5/c1-20(2)29(23-15-21(17-28-18-23)19-34-24-9-6-5-7-10-24)27(30)22-11-12-25(32-4)26(16-22)33-14-8-13-31-3/h5-7,9-12,16,20-21,23,28H,8,13-15,17-19H2,1-4H3. The number of hydrogen-bond donors (Lipinski definition) is 1. The van der Waals surface area contributed by atoms with Gasteiger partial charge in [-0.3, -0.25) is 4.79 Å². The van der Waals surface area contributed by atoms with E-state index in [1.54, 1.807) is 26.4 Å². The molecule has 7 heteroatoms. The fourth-order valence-electron chi connectivity index (χ4n) is 4.35. The number of rotatable bonds is 12. The van der Waals surface area contributed by atoms with Crippen LogP contribution in [0.25, 0.3) is 0 Å². The van der Waals surface area contributed by atoms with Crippen LogP contribution in [-0.2, 0) is 4.74 Å². The van der Waals surface area contributed by atoms with Crippen LogP contribution < -0.4 is 19.5 Å². The van der Waals surface area contributed by atoms with Crippen molar-refractivity contribution in [1.29, 1.82) is 0 Å². The average Bonchev–Trinajstić information content (AvgIpc) is 2.86. The molecule has 0 aromatic heterocycles. The van der Waals surface area contributed by atoms with Crippen molar-refractivity contribution in [1.82, 2.24) is 10.2 Å². The summed E-state index contributed by atoms with van der Waals surface area (Å²) in [7, 11) is 3.27. The summed E-state index contributed by atoms with van der Waals surface area (Å²) in [6.07, 6.45) is 1.65. The van der Waals surface area contributed by atoms with Crippen LogP contribution in [0.15, 0.2) is 48.5 Å². The maximum atomic E-state index is 13.7. The molecule has 1 heterocycles. The van der Waals surface area contributed by atoms with Gasteiger partial charge in [0.1, 0.15) is 5.75 Å². The molecule has 2 aromatic rings. The van der Waals surface area contributed by atoms with Gasteiger partial charge < -0.3 is 29.2 Å². The lowest BCUT2D eigenvalue weighted by molar-refractivity contribution is 0.0509. The molecule has 1 aliphatic heterocycles. The summed E-state index contributed by atoms with van der Waals surface area (Å²) >= 11 is 0. The second-order valence-electron chi connectivity index (χ2n) is 8.90. The maximum Gasteiger partial charge on any atom is 0.254 e. The maximum absolute atomic E-state index is 13.7. The summed E-state index contributed by atoms with van der Waals surface area (Å²) in [6, 6.07) is 15.4. The first-order chi connectivity index (χ1) is 16.5. The van der Waals surface area contributed by atoms with E-state index in [0.29, 0.717) is 42.8 Å². The quantitative estimate of drug-likeness (QED) is 0.473. The fourth-order valence-corrected chi connectivity index (χ4v) is 4.35. The number of methoxy groups -OCH3 is 2. The van der Waals surface area contributed by atoms with E-state index < -0.39 is 0 Å². The zero-order valence-corrected chi connectivity index (χ0v) is 20.8. The second kappa shape index (κ2) is 13.2. The highest BCUT2D eigenvalue weighted by atomic mass is 16.5. The zero-order valence-electron chi connectivity index (χ0n) is 20.8. The van der Waals surface area contributed by atoms with Crippen molar-refractivity contribution in [3.05, 3.63) is 54.1 Å². The first-order valence-corrected chi connectivity index (χ1v) is 12.0. The number of carbonyl (C=O) groups is 1. The van der Waals surface area contributed by atoms with Crippen LogP contribution >= 0.6 is 0 Å². The van der Waals surface area contributed by atoms with Gasteiger partial charge >= 0.3 is 0 Å². The molecule has 1 saturated heterocycles. The molecule has 186 valence electrons. The summed E-state index contributed by atoms with van der Waals surface area (Å²) in [5.41, 5.74) is 0.596.